The zero-order chi connectivity index (χ0) is 15.1. The van der Waals surface area contributed by atoms with E-state index in [0.717, 1.165) is 24.2 Å². The second kappa shape index (κ2) is 8.05. The molecule has 2 rings (SSSR count). The SMILES string of the molecule is CCCCOc1ccc(Cl)cc1C=NN=C1NC(=O)CS1. The average molecular weight is 326 g/mol. The Labute approximate surface area is 132 Å². The summed E-state index contributed by atoms with van der Waals surface area (Å²) in [5.74, 6) is 1.05. The maximum atomic E-state index is 11.0. The summed E-state index contributed by atoms with van der Waals surface area (Å²) in [4.78, 5) is 11.0. The van der Waals surface area contributed by atoms with Gasteiger partial charge in [-0.2, -0.15) is 5.10 Å². The molecule has 0 unspecified atom stereocenters. The molecule has 1 N–H and O–H groups in total. The molecule has 0 aliphatic carbocycles. The second-order valence-corrected chi connectivity index (χ2v) is 5.77. The number of nitrogens with one attached hydrogen (secondary N) is 1. The normalized spacial score (nSPS) is 16.7. The van der Waals surface area contributed by atoms with Gasteiger partial charge in [0.25, 0.3) is 0 Å². The van der Waals surface area contributed by atoms with Gasteiger partial charge < -0.3 is 10.1 Å². The van der Waals surface area contributed by atoms with Crippen molar-refractivity contribution >= 4 is 40.7 Å². The van der Waals surface area contributed by atoms with Crippen LogP contribution in [0.2, 0.25) is 5.02 Å². The molecule has 7 heteroatoms. The van der Waals surface area contributed by atoms with E-state index in [-0.39, 0.29) is 5.91 Å². The Morgan fingerprint density at radius 1 is 1.52 bits per heavy atom. The molecule has 5 nitrogen and oxygen atoms in total. The highest BCUT2D eigenvalue weighted by Crippen LogP contribution is 2.22. The molecule has 1 fully saturated rings. The molecule has 1 heterocycles. The number of hydrogen-bond donors (Lipinski definition) is 1. The third kappa shape index (κ3) is 5.06. The first kappa shape index (κ1) is 15.9. The third-order valence-corrected chi connectivity index (χ3v) is 3.76. The number of halogens is 1. The highest BCUT2D eigenvalue weighted by Gasteiger charge is 2.15. The summed E-state index contributed by atoms with van der Waals surface area (Å²) in [5.41, 5.74) is 0.761. The van der Waals surface area contributed by atoms with E-state index in [9.17, 15) is 4.79 Å². The van der Waals surface area contributed by atoms with Gasteiger partial charge in [0, 0.05) is 10.6 Å². The van der Waals surface area contributed by atoms with Crippen molar-refractivity contribution in [3.8, 4) is 5.75 Å². The molecule has 112 valence electrons. The molecule has 0 saturated carbocycles. The molecule has 0 radical (unpaired) electrons. The predicted molar refractivity (Wildman–Crippen MR) is 87.5 cm³/mol. The van der Waals surface area contributed by atoms with E-state index >= 15 is 0 Å². The lowest BCUT2D eigenvalue weighted by Crippen LogP contribution is -2.19. The summed E-state index contributed by atoms with van der Waals surface area (Å²) in [6.07, 6.45) is 3.64. The van der Waals surface area contributed by atoms with Crippen LogP contribution >= 0.6 is 23.4 Å². The van der Waals surface area contributed by atoms with Gasteiger partial charge in [0.2, 0.25) is 5.91 Å². The predicted octanol–water partition coefficient (Wildman–Crippen LogP) is 3.07. The van der Waals surface area contributed by atoms with Gasteiger partial charge in [-0.3, -0.25) is 4.79 Å². The number of thioether (sulfide) groups is 1. The van der Waals surface area contributed by atoms with Crippen molar-refractivity contribution in [2.75, 3.05) is 12.4 Å². The molecule has 1 aliphatic heterocycles. The molecular formula is C14H16ClN3O2S. The maximum Gasteiger partial charge on any atom is 0.236 e. The van der Waals surface area contributed by atoms with Gasteiger partial charge in [0.15, 0.2) is 5.17 Å². The van der Waals surface area contributed by atoms with Gasteiger partial charge in [-0.25, -0.2) is 0 Å². The fraction of sp³-hybridized carbons (Fsp3) is 0.357. The Morgan fingerprint density at radius 3 is 3.10 bits per heavy atom. The van der Waals surface area contributed by atoms with Crippen LogP contribution in [-0.4, -0.2) is 29.6 Å². The Kier molecular flexibility index (Phi) is 6.07. The number of carbonyl (C=O) groups excluding carboxylic acids is 1. The molecule has 1 amide bonds. The van der Waals surface area contributed by atoms with Gasteiger partial charge >= 0.3 is 0 Å². The molecule has 1 saturated heterocycles. The van der Waals surface area contributed by atoms with Crippen molar-refractivity contribution in [1.29, 1.82) is 0 Å². The lowest BCUT2D eigenvalue weighted by atomic mass is 10.2. The smallest absolute Gasteiger partial charge is 0.236 e. The number of unbranched alkanes of at least 4 members (excludes halogenated alkanes) is 1. The van der Waals surface area contributed by atoms with Gasteiger partial charge in [0.05, 0.1) is 18.6 Å². The van der Waals surface area contributed by atoms with Gasteiger partial charge in [-0.15, -0.1) is 5.10 Å². The van der Waals surface area contributed by atoms with Crippen molar-refractivity contribution in [3.05, 3.63) is 28.8 Å². The lowest BCUT2D eigenvalue weighted by Gasteiger charge is -2.08. The molecular weight excluding hydrogens is 310 g/mol. The number of carbonyl (C=O) groups is 1. The standard InChI is InChI=1S/C14H16ClN3O2S/c1-2-3-6-20-12-5-4-11(15)7-10(12)8-16-18-14-17-13(19)9-21-14/h4-5,7-8H,2-3,6,9H2,1H3,(H,17,18,19). The number of hydrogen-bond acceptors (Lipinski definition) is 5. The number of ether oxygens (including phenoxy) is 1. The molecule has 0 spiro atoms. The minimum absolute atomic E-state index is 0.0553. The van der Waals surface area contributed by atoms with E-state index in [1.807, 2.05) is 6.07 Å². The van der Waals surface area contributed by atoms with Crippen LogP contribution in [0.3, 0.4) is 0 Å². The largest absolute Gasteiger partial charge is 0.493 e. The quantitative estimate of drug-likeness (QED) is 0.496. The maximum absolute atomic E-state index is 11.0. The van der Waals surface area contributed by atoms with Crippen molar-refractivity contribution in [2.45, 2.75) is 19.8 Å². The van der Waals surface area contributed by atoms with Crippen molar-refractivity contribution < 1.29 is 9.53 Å². The van der Waals surface area contributed by atoms with Gasteiger partial charge in [-0.05, 0) is 24.6 Å². The first-order chi connectivity index (χ1) is 10.2. The van der Waals surface area contributed by atoms with E-state index < -0.39 is 0 Å². The van der Waals surface area contributed by atoms with Crippen LogP contribution in [0.5, 0.6) is 5.75 Å². The van der Waals surface area contributed by atoms with Gasteiger partial charge in [0.1, 0.15) is 5.75 Å². The molecule has 21 heavy (non-hydrogen) atoms. The van der Waals surface area contributed by atoms with Crippen LogP contribution in [-0.2, 0) is 4.79 Å². The van der Waals surface area contributed by atoms with Crippen LogP contribution in [0.1, 0.15) is 25.3 Å². The highest BCUT2D eigenvalue weighted by molar-refractivity contribution is 8.15. The minimum atomic E-state index is -0.0553. The summed E-state index contributed by atoms with van der Waals surface area (Å²) in [5, 5.41) is 11.7. The van der Waals surface area contributed by atoms with E-state index in [1.54, 1.807) is 18.3 Å². The Hall–Kier alpha value is -1.53. The van der Waals surface area contributed by atoms with Crippen LogP contribution in [0.15, 0.2) is 28.4 Å². The zero-order valence-electron chi connectivity index (χ0n) is 11.6. The summed E-state index contributed by atoms with van der Waals surface area (Å²) in [6, 6.07) is 5.37. The topological polar surface area (TPSA) is 63.1 Å². The average Bonchev–Trinajstić information content (AvgIpc) is 2.87. The number of amides is 1. The fourth-order valence-corrected chi connectivity index (χ4v) is 2.41. The first-order valence-corrected chi connectivity index (χ1v) is 8.01. The van der Waals surface area contributed by atoms with E-state index in [4.69, 9.17) is 16.3 Å². The number of amidine groups is 1. The lowest BCUT2D eigenvalue weighted by molar-refractivity contribution is -0.116. The number of benzene rings is 1. The second-order valence-electron chi connectivity index (χ2n) is 4.37. The Bertz CT molecular complexity index is 575. The zero-order valence-corrected chi connectivity index (χ0v) is 13.2. The molecule has 1 aromatic carbocycles. The molecule has 1 aromatic rings. The van der Waals surface area contributed by atoms with Gasteiger partial charge in [-0.1, -0.05) is 36.7 Å². The molecule has 1 aliphatic rings. The number of rotatable bonds is 6. The highest BCUT2D eigenvalue weighted by atomic mass is 35.5. The van der Waals surface area contributed by atoms with E-state index in [0.29, 0.717) is 22.6 Å². The van der Waals surface area contributed by atoms with Crippen LogP contribution in [0.25, 0.3) is 0 Å². The van der Waals surface area contributed by atoms with Crippen LogP contribution in [0.4, 0.5) is 0 Å². The Morgan fingerprint density at radius 2 is 2.38 bits per heavy atom. The summed E-state index contributed by atoms with van der Waals surface area (Å²) >= 11 is 7.32. The summed E-state index contributed by atoms with van der Waals surface area (Å²) in [6.45, 7) is 2.76. The first-order valence-electron chi connectivity index (χ1n) is 6.65. The molecule has 0 aromatic heterocycles. The van der Waals surface area contributed by atoms with Crippen molar-refractivity contribution in [2.24, 2.45) is 10.2 Å². The third-order valence-electron chi connectivity index (χ3n) is 2.66. The van der Waals surface area contributed by atoms with Crippen molar-refractivity contribution in [1.82, 2.24) is 5.32 Å². The van der Waals surface area contributed by atoms with E-state index in [2.05, 4.69) is 22.4 Å². The van der Waals surface area contributed by atoms with Crippen LogP contribution in [0, 0.1) is 0 Å². The molecule has 0 bridgehead atoms. The monoisotopic (exact) mass is 325 g/mol. The van der Waals surface area contributed by atoms with E-state index in [1.165, 1.54) is 11.8 Å². The number of nitrogens with zero attached hydrogens (tertiary/aromatic N) is 2. The Balaban J connectivity index is 2.06. The minimum Gasteiger partial charge on any atom is -0.493 e. The summed E-state index contributed by atoms with van der Waals surface area (Å²) < 4.78 is 5.70. The van der Waals surface area contributed by atoms with Crippen LogP contribution < -0.4 is 10.1 Å². The summed E-state index contributed by atoms with van der Waals surface area (Å²) in [7, 11) is 0. The van der Waals surface area contributed by atoms with Crippen molar-refractivity contribution in [3.63, 3.8) is 0 Å². The molecule has 0 atom stereocenters. The fourth-order valence-electron chi connectivity index (χ4n) is 1.60.